The van der Waals surface area contributed by atoms with Gasteiger partial charge in [-0.25, -0.2) is 8.78 Å². The zero-order valence-corrected chi connectivity index (χ0v) is 11.1. The minimum absolute atomic E-state index is 0.0367. The van der Waals surface area contributed by atoms with Crippen LogP contribution in [-0.4, -0.2) is 30.4 Å². The van der Waals surface area contributed by atoms with Crippen molar-refractivity contribution in [1.29, 1.82) is 0 Å². The molecule has 1 fully saturated rings. The Morgan fingerprint density at radius 2 is 2.05 bits per heavy atom. The highest BCUT2D eigenvalue weighted by Crippen LogP contribution is 2.50. The molecule has 3 unspecified atom stereocenters. The van der Waals surface area contributed by atoms with E-state index < -0.39 is 11.6 Å². The number of halogens is 2. The Balaban J connectivity index is 2.11. The van der Waals surface area contributed by atoms with Crippen LogP contribution in [0.5, 0.6) is 0 Å². The fourth-order valence-corrected chi connectivity index (χ4v) is 2.29. The molecule has 1 aliphatic rings. The summed E-state index contributed by atoms with van der Waals surface area (Å²) in [5.41, 5.74) is 5.55. The number of likely N-dealkylation sites (N-methyl/N-ethyl adjacent to an activating group) is 1. The summed E-state index contributed by atoms with van der Waals surface area (Å²) in [4.78, 5) is 13.7. The van der Waals surface area contributed by atoms with E-state index in [2.05, 4.69) is 0 Å². The van der Waals surface area contributed by atoms with Crippen molar-refractivity contribution in [2.75, 3.05) is 13.6 Å². The Hall–Kier alpha value is -1.49. The van der Waals surface area contributed by atoms with Gasteiger partial charge in [0.25, 0.3) is 0 Å². The highest BCUT2D eigenvalue weighted by Gasteiger charge is 2.48. The monoisotopic (exact) mass is 268 g/mol. The van der Waals surface area contributed by atoms with E-state index in [1.165, 1.54) is 18.2 Å². The van der Waals surface area contributed by atoms with Crippen molar-refractivity contribution in [1.82, 2.24) is 4.90 Å². The van der Waals surface area contributed by atoms with Crippen molar-refractivity contribution in [3.05, 3.63) is 35.4 Å². The van der Waals surface area contributed by atoms with Crippen molar-refractivity contribution in [2.24, 2.45) is 11.7 Å². The van der Waals surface area contributed by atoms with Crippen LogP contribution in [0.25, 0.3) is 0 Å². The zero-order valence-electron chi connectivity index (χ0n) is 11.1. The van der Waals surface area contributed by atoms with Crippen LogP contribution in [0.2, 0.25) is 0 Å². The van der Waals surface area contributed by atoms with Crippen LogP contribution in [0.4, 0.5) is 8.78 Å². The summed E-state index contributed by atoms with van der Waals surface area (Å²) in [6.07, 6.45) is 0.498. The molecular formula is C14H18F2N2O. The number of rotatable bonds is 4. The summed E-state index contributed by atoms with van der Waals surface area (Å²) >= 11 is 0. The Bertz CT molecular complexity index is 472. The molecule has 0 radical (unpaired) electrons. The summed E-state index contributed by atoms with van der Waals surface area (Å²) in [5, 5.41) is 0. The molecule has 3 atom stereocenters. The van der Waals surface area contributed by atoms with E-state index in [1.54, 1.807) is 11.9 Å². The lowest BCUT2D eigenvalue weighted by molar-refractivity contribution is -0.133. The SMILES string of the molecule is CC(CN)N(C)C(=O)C1CC1c1c(F)cccc1F. The third-order valence-corrected chi connectivity index (χ3v) is 3.83. The molecule has 0 bridgehead atoms. The Kier molecular flexibility index (Phi) is 3.85. The lowest BCUT2D eigenvalue weighted by Crippen LogP contribution is -2.40. The van der Waals surface area contributed by atoms with Gasteiger partial charge in [-0.1, -0.05) is 6.07 Å². The van der Waals surface area contributed by atoms with Crippen LogP contribution in [0.3, 0.4) is 0 Å². The number of amides is 1. The zero-order chi connectivity index (χ0) is 14.2. The van der Waals surface area contributed by atoms with Crippen molar-refractivity contribution in [2.45, 2.75) is 25.3 Å². The highest BCUT2D eigenvalue weighted by molar-refractivity contribution is 5.83. The molecule has 0 heterocycles. The van der Waals surface area contributed by atoms with Crippen molar-refractivity contribution in [3.8, 4) is 0 Å². The molecule has 0 saturated heterocycles. The second-order valence-electron chi connectivity index (χ2n) is 5.12. The van der Waals surface area contributed by atoms with Crippen LogP contribution in [0.15, 0.2) is 18.2 Å². The molecule has 0 spiro atoms. The maximum Gasteiger partial charge on any atom is 0.226 e. The van der Waals surface area contributed by atoms with E-state index in [0.717, 1.165) is 0 Å². The summed E-state index contributed by atoms with van der Waals surface area (Å²) < 4.78 is 27.2. The van der Waals surface area contributed by atoms with E-state index in [0.29, 0.717) is 13.0 Å². The first-order chi connectivity index (χ1) is 8.97. The van der Waals surface area contributed by atoms with Crippen LogP contribution >= 0.6 is 0 Å². The normalized spacial score (nSPS) is 23.0. The largest absolute Gasteiger partial charge is 0.342 e. The second-order valence-corrected chi connectivity index (χ2v) is 5.12. The molecule has 1 aromatic rings. The summed E-state index contributed by atoms with van der Waals surface area (Å²) in [6.45, 7) is 2.21. The van der Waals surface area contributed by atoms with Gasteiger partial charge in [0, 0.05) is 37.0 Å². The fraction of sp³-hybridized carbons (Fsp3) is 0.500. The molecule has 1 aromatic carbocycles. The van der Waals surface area contributed by atoms with Gasteiger partial charge in [-0.15, -0.1) is 0 Å². The van der Waals surface area contributed by atoms with Gasteiger partial charge in [-0.2, -0.15) is 0 Å². The number of benzene rings is 1. The van der Waals surface area contributed by atoms with E-state index >= 15 is 0 Å². The van der Waals surface area contributed by atoms with Gasteiger partial charge in [0.2, 0.25) is 5.91 Å². The van der Waals surface area contributed by atoms with Gasteiger partial charge in [0.05, 0.1) is 0 Å². The quantitative estimate of drug-likeness (QED) is 0.906. The minimum atomic E-state index is -0.574. The molecule has 1 saturated carbocycles. The van der Waals surface area contributed by atoms with Crippen molar-refractivity contribution < 1.29 is 13.6 Å². The highest BCUT2D eigenvalue weighted by atomic mass is 19.1. The predicted molar refractivity (Wildman–Crippen MR) is 68.5 cm³/mol. The predicted octanol–water partition coefficient (Wildman–Crippen LogP) is 1.87. The lowest BCUT2D eigenvalue weighted by atomic mass is 10.1. The molecule has 1 amide bonds. The average molecular weight is 268 g/mol. The number of carbonyl (C=O) groups excluding carboxylic acids is 1. The van der Waals surface area contributed by atoms with E-state index in [-0.39, 0.29) is 29.3 Å². The van der Waals surface area contributed by atoms with Crippen LogP contribution in [-0.2, 0) is 4.79 Å². The summed E-state index contributed by atoms with van der Waals surface area (Å²) in [6, 6.07) is 3.71. The molecule has 19 heavy (non-hydrogen) atoms. The maximum absolute atomic E-state index is 13.6. The molecule has 2 rings (SSSR count). The Labute approximate surface area is 111 Å². The summed E-state index contributed by atoms with van der Waals surface area (Å²) in [7, 11) is 1.67. The second kappa shape index (κ2) is 5.25. The number of hydrogen-bond donors (Lipinski definition) is 1. The van der Waals surface area contributed by atoms with Gasteiger partial charge in [0.1, 0.15) is 11.6 Å². The number of nitrogens with zero attached hydrogens (tertiary/aromatic N) is 1. The third kappa shape index (κ3) is 2.61. The Morgan fingerprint density at radius 1 is 1.47 bits per heavy atom. The smallest absolute Gasteiger partial charge is 0.226 e. The molecule has 3 nitrogen and oxygen atoms in total. The first-order valence-corrected chi connectivity index (χ1v) is 6.38. The van der Waals surface area contributed by atoms with Gasteiger partial charge >= 0.3 is 0 Å². The van der Waals surface area contributed by atoms with Gasteiger partial charge in [0.15, 0.2) is 0 Å². The maximum atomic E-state index is 13.6. The van der Waals surface area contributed by atoms with Crippen molar-refractivity contribution in [3.63, 3.8) is 0 Å². The van der Waals surface area contributed by atoms with E-state index in [4.69, 9.17) is 5.73 Å². The molecule has 104 valence electrons. The molecule has 2 N–H and O–H groups in total. The van der Waals surface area contributed by atoms with E-state index in [1.807, 2.05) is 6.92 Å². The van der Waals surface area contributed by atoms with E-state index in [9.17, 15) is 13.6 Å². The lowest BCUT2D eigenvalue weighted by Gasteiger charge is -2.23. The summed E-state index contributed by atoms with van der Waals surface area (Å²) in [5.74, 6) is -1.92. The topological polar surface area (TPSA) is 46.3 Å². The van der Waals surface area contributed by atoms with Gasteiger partial charge < -0.3 is 10.6 Å². The van der Waals surface area contributed by atoms with Crippen molar-refractivity contribution >= 4 is 5.91 Å². The van der Waals surface area contributed by atoms with Crippen LogP contribution in [0.1, 0.15) is 24.8 Å². The first kappa shape index (κ1) is 13.9. The average Bonchev–Trinajstić information content (AvgIpc) is 3.16. The first-order valence-electron chi connectivity index (χ1n) is 6.38. The van der Waals surface area contributed by atoms with Gasteiger partial charge in [-0.05, 0) is 25.5 Å². The molecule has 1 aliphatic carbocycles. The van der Waals surface area contributed by atoms with Crippen LogP contribution in [0, 0.1) is 17.6 Å². The Morgan fingerprint density at radius 3 is 2.58 bits per heavy atom. The fourth-order valence-electron chi connectivity index (χ4n) is 2.29. The minimum Gasteiger partial charge on any atom is -0.342 e. The van der Waals surface area contributed by atoms with Crippen LogP contribution < -0.4 is 5.73 Å². The number of carbonyl (C=O) groups is 1. The molecule has 0 aliphatic heterocycles. The molecule has 5 heteroatoms. The molecular weight excluding hydrogens is 250 g/mol. The van der Waals surface area contributed by atoms with Gasteiger partial charge in [-0.3, -0.25) is 4.79 Å². The third-order valence-electron chi connectivity index (χ3n) is 3.83. The molecule has 0 aromatic heterocycles. The standard InChI is InChI=1S/C14H18F2N2O/c1-8(7-17)18(2)14(19)10-6-9(10)13-11(15)4-3-5-12(13)16/h3-5,8-10H,6-7,17H2,1-2H3. The number of hydrogen-bond acceptors (Lipinski definition) is 2. The number of nitrogens with two attached hydrogens (primary N) is 1.